The highest BCUT2D eigenvalue weighted by Gasteiger charge is 2.30. The lowest BCUT2D eigenvalue weighted by Crippen LogP contribution is -2.41. The molecule has 1 amide bonds. The highest BCUT2D eigenvalue weighted by Crippen LogP contribution is 2.24. The number of hydrazone groups is 1. The van der Waals surface area contributed by atoms with Crippen molar-refractivity contribution in [1.29, 1.82) is 0 Å². The van der Waals surface area contributed by atoms with Crippen molar-refractivity contribution in [2.24, 2.45) is 5.10 Å². The largest absolute Gasteiger partial charge is 0.497 e. The van der Waals surface area contributed by atoms with Crippen LogP contribution in [0.5, 0.6) is 11.5 Å². The van der Waals surface area contributed by atoms with Gasteiger partial charge in [0.1, 0.15) is 17.5 Å². The minimum atomic E-state index is -0.358. The maximum absolute atomic E-state index is 12.5. The van der Waals surface area contributed by atoms with Crippen LogP contribution >= 0.6 is 0 Å². The summed E-state index contributed by atoms with van der Waals surface area (Å²) in [5.41, 5.74) is 11.6. The molecule has 1 aliphatic heterocycles. The van der Waals surface area contributed by atoms with E-state index in [9.17, 15) is 4.79 Å². The quantitative estimate of drug-likeness (QED) is 0.472. The van der Waals surface area contributed by atoms with E-state index in [1.165, 1.54) is 0 Å². The van der Waals surface area contributed by atoms with Crippen molar-refractivity contribution >= 4 is 11.6 Å². The van der Waals surface area contributed by atoms with Crippen molar-refractivity contribution in [3.8, 4) is 11.5 Å². The standard InChI is InChI=1S/C22H28N4O3/c1-4-13-29-19-11-7-17(8-12-19)20-14-21(25-24-20)22(27)26-23-15(2)16-5-9-18(28-3)10-6-16/h5-12,20-21,24-25H,4,13-14H2,1-3H3,(H,26,27)/b23-15+. The first-order valence-electron chi connectivity index (χ1n) is 9.83. The highest BCUT2D eigenvalue weighted by molar-refractivity contribution is 5.99. The number of nitrogens with one attached hydrogen (secondary N) is 3. The zero-order valence-corrected chi connectivity index (χ0v) is 17.1. The maximum atomic E-state index is 12.5. The fraction of sp³-hybridized carbons (Fsp3) is 0.364. The molecule has 0 radical (unpaired) electrons. The van der Waals surface area contributed by atoms with Gasteiger partial charge in [-0.3, -0.25) is 4.79 Å². The minimum Gasteiger partial charge on any atom is -0.497 e. The Balaban J connectivity index is 1.53. The van der Waals surface area contributed by atoms with E-state index in [2.05, 4.69) is 28.3 Å². The summed E-state index contributed by atoms with van der Waals surface area (Å²) < 4.78 is 10.8. The van der Waals surface area contributed by atoms with Crippen LogP contribution in [-0.2, 0) is 4.79 Å². The molecule has 2 aromatic rings. The van der Waals surface area contributed by atoms with Crippen molar-refractivity contribution < 1.29 is 14.3 Å². The molecule has 1 aliphatic rings. The van der Waals surface area contributed by atoms with Gasteiger partial charge in [-0.15, -0.1) is 0 Å². The normalized spacial score (nSPS) is 19.1. The van der Waals surface area contributed by atoms with Crippen LogP contribution in [-0.4, -0.2) is 31.4 Å². The second-order valence-electron chi connectivity index (χ2n) is 6.95. The molecule has 0 saturated carbocycles. The third-order valence-electron chi connectivity index (χ3n) is 4.82. The number of nitrogens with zero attached hydrogens (tertiary/aromatic N) is 1. The molecule has 3 N–H and O–H groups in total. The van der Waals surface area contributed by atoms with E-state index < -0.39 is 0 Å². The Bertz CT molecular complexity index is 834. The van der Waals surface area contributed by atoms with Gasteiger partial charge in [-0.2, -0.15) is 5.10 Å². The molecule has 29 heavy (non-hydrogen) atoms. The van der Waals surface area contributed by atoms with Crippen molar-refractivity contribution in [3.05, 3.63) is 59.7 Å². The third-order valence-corrected chi connectivity index (χ3v) is 4.82. The first-order valence-corrected chi connectivity index (χ1v) is 9.83. The minimum absolute atomic E-state index is 0.0534. The SMILES string of the molecule is CCCOc1ccc(C2CC(C(=O)N/N=C(\C)c3ccc(OC)cc3)NN2)cc1. The molecule has 2 aromatic carbocycles. The summed E-state index contributed by atoms with van der Waals surface area (Å²) in [6.07, 6.45) is 1.62. The van der Waals surface area contributed by atoms with Crippen LogP contribution < -0.4 is 25.8 Å². The van der Waals surface area contributed by atoms with Crippen LogP contribution in [0.25, 0.3) is 0 Å². The maximum Gasteiger partial charge on any atom is 0.258 e. The summed E-state index contributed by atoms with van der Waals surface area (Å²) in [7, 11) is 1.63. The Morgan fingerprint density at radius 1 is 1.10 bits per heavy atom. The number of methoxy groups -OCH3 is 1. The lowest BCUT2D eigenvalue weighted by molar-refractivity contribution is -0.122. The molecule has 154 valence electrons. The van der Waals surface area contributed by atoms with Gasteiger partial charge in [0.15, 0.2) is 0 Å². The fourth-order valence-electron chi connectivity index (χ4n) is 3.08. The number of carbonyl (C=O) groups is 1. The van der Waals surface area contributed by atoms with Gasteiger partial charge in [-0.05, 0) is 67.3 Å². The van der Waals surface area contributed by atoms with Gasteiger partial charge in [0.25, 0.3) is 5.91 Å². The molecule has 0 aliphatic carbocycles. The van der Waals surface area contributed by atoms with Crippen LogP contribution in [0, 0.1) is 0 Å². The monoisotopic (exact) mass is 396 g/mol. The molecule has 1 heterocycles. The number of hydrogen-bond donors (Lipinski definition) is 3. The molecule has 1 saturated heterocycles. The highest BCUT2D eigenvalue weighted by atomic mass is 16.5. The van der Waals surface area contributed by atoms with E-state index in [0.29, 0.717) is 13.0 Å². The Kier molecular flexibility index (Phi) is 7.21. The van der Waals surface area contributed by atoms with Crippen molar-refractivity contribution in [2.45, 2.75) is 38.8 Å². The summed E-state index contributed by atoms with van der Waals surface area (Å²) >= 11 is 0. The smallest absolute Gasteiger partial charge is 0.258 e. The topological polar surface area (TPSA) is 84.0 Å². The summed E-state index contributed by atoms with van der Waals surface area (Å²) in [5, 5.41) is 4.22. The van der Waals surface area contributed by atoms with E-state index in [1.54, 1.807) is 7.11 Å². The fourth-order valence-corrected chi connectivity index (χ4v) is 3.08. The Morgan fingerprint density at radius 2 is 1.79 bits per heavy atom. The second-order valence-corrected chi connectivity index (χ2v) is 6.95. The second kappa shape index (κ2) is 10.0. The number of benzene rings is 2. The van der Waals surface area contributed by atoms with Gasteiger partial charge < -0.3 is 9.47 Å². The lowest BCUT2D eigenvalue weighted by atomic mass is 10.0. The van der Waals surface area contributed by atoms with Crippen LogP contribution in [0.1, 0.15) is 43.9 Å². The summed E-state index contributed by atoms with van der Waals surface area (Å²) in [6.45, 7) is 4.64. The van der Waals surface area contributed by atoms with Gasteiger partial charge in [-0.1, -0.05) is 19.1 Å². The molecule has 2 atom stereocenters. The number of hydrogen-bond acceptors (Lipinski definition) is 6. The molecule has 7 heteroatoms. The van der Waals surface area contributed by atoms with Crippen LogP contribution in [0.15, 0.2) is 53.6 Å². The van der Waals surface area contributed by atoms with Gasteiger partial charge in [0.05, 0.1) is 19.4 Å². The average molecular weight is 396 g/mol. The van der Waals surface area contributed by atoms with Gasteiger partial charge in [0.2, 0.25) is 0 Å². The molecular formula is C22H28N4O3. The molecule has 0 aromatic heterocycles. The Morgan fingerprint density at radius 3 is 2.45 bits per heavy atom. The zero-order valence-electron chi connectivity index (χ0n) is 17.1. The predicted molar refractivity (Wildman–Crippen MR) is 113 cm³/mol. The Hall–Kier alpha value is -2.90. The van der Waals surface area contributed by atoms with Crippen LogP contribution in [0.3, 0.4) is 0 Å². The van der Waals surface area contributed by atoms with E-state index in [1.807, 2.05) is 55.5 Å². The predicted octanol–water partition coefficient (Wildman–Crippen LogP) is 2.93. The number of rotatable bonds is 8. The number of hydrazine groups is 1. The van der Waals surface area contributed by atoms with Crippen LogP contribution in [0.4, 0.5) is 0 Å². The van der Waals surface area contributed by atoms with Crippen LogP contribution in [0.2, 0.25) is 0 Å². The van der Waals surface area contributed by atoms with Gasteiger partial charge >= 0.3 is 0 Å². The third kappa shape index (κ3) is 5.56. The van der Waals surface area contributed by atoms with Crippen molar-refractivity contribution in [2.75, 3.05) is 13.7 Å². The molecule has 1 fully saturated rings. The molecule has 2 unspecified atom stereocenters. The summed E-state index contributed by atoms with van der Waals surface area (Å²) in [6, 6.07) is 15.2. The zero-order chi connectivity index (χ0) is 20.6. The summed E-state index contributed by atoms with van der Waals surface area (Å²) in [5.74, 6) is 1.47. The van der Waals surface area contributed by atoms with Gasteiger partial charge in [-0.25, -0.2) is 16.3 Å². The van der Waals surface area contributed by atoms with E-state index >= 15 is 0 Å². The average Bonchev–Trinajstić information content (AvgIpc) is 3.26. The van der Waals surface area contributed by atoms with Gasteiger partial charge in [0, 0.05) is 6.04 Å². The van der Waals surface area contributed by atoms with E-state index in [0.717, 1.165) is 34.8 Å². The number of amides is 1. The summed E-state index contributed by atoms with van der Waals surface area (Å²) in [4.78, 5) is 12.5. The lowest BCUT2D eigenvalue weighted by Gasteiger charge is -2.11. The molecule has 3 rings (SSSR count). The molecular weight excluding hydrogens is 368 g/mol. The molecule has 7 nitrogen and oxygen atoms in total. The number of carbonyl (C=O) groups excluding carboxylic acids is 1. The van der Waals surface area contributed by atoms with E-state index in [-0.39, 0.29) is 18.0 Å². The number of ether oxygens (including phenoxy) is 2. The van der Waals surface area contributed by atoms with Crippen molar-refractivity contribution in [1.82, 2.24) is 16.3 Å². The molecule has 0 spiro atoms. The Labute approximate surface area is 171 Å². The van der Waals surface area contributed by atoms with Crippen molar-refractivity contribution in [3.63, 3.8) is 0 Å². The first kappa shape index (κ1) is 20.8. The molecule has 0 bridgehead atoms. The first-order chi connectivity index (χ1) is 14.1. The van der Waals surface area contributed by atoms with E-state index in [4.69, 9.17) is 9.47 Å².